The summed E-state index contributed by atoms with van der Waals surface area (Å²) in [6.07, 6.45) is 8.11. The maximum absolute atomic E-state index is 14.2. The van der Waals surface area contributed by atoms with E-state index in [0.29, 0.717) is 37.3 Å². The minimum absolute atomic E-state index is 0. The van der Waals surface area contributed by atoms with Crippen molar-refractivity contribution >= 4 is 40.1 Å². The molecular weight excluding hydrogens is 562 g/mol. The van der Waals surface area contributed by atoms with Crippen LogP contribution in [-0.4, -0.2) is 48.2 Å². The number of amides is 2. The van der Waals surface area contributed by atoms with Crippen LogP contribution >= 0.6 is 12.4 Å². The topological polar surface area (TPSA) is 134 Å². The van der Waals surface area contributed by atoms with Gasteiger partial charge in [-0.05, 0) is 61.6 Å². The molecule has 2 aromatic rings. The number of piperidine rings is 1. The van der Waals surface area contributed by atoms with E-state index >= 15 is 0 Å². The van der Waals surface area contributed by atoms with Crippen molar-refractivity contribution in [2.24, 2.45) is 11.8 Å². The van der Waals surface area contributed by atoms with E-state index in [4.69, 9.17) is 5.73 Å². The van der Waals surface area contributed by atoms with Gasteiger partial charge in [-0.15, -0.1) is 12.4 Å². The summed E-state index contributed by atoms with van der Waals surface area (Å²) in [5.74, 6) is 0.164. The van der Waals surface area contributed by atoms with Gasteiger partial charge in [-0.2, -0.15) is 0 Å². The molecule has 1 aromatic heterocycles. The van der Waals surface area contributed by atoms with Gasteiger partial charge in [0.2, 0.25) is 21.8 Å². The number of halogens is 1. The van der Waals surface area contributed by atoms with Gasteiger partial charge in [0.1, 0.15) is 17.4 Å². The van der Waals surface area contributed by atoms with Gasteiger partial charge in [0.15, 0.2) is 0 Å². The highest BCUT2D eigenvalue weighted by atomic mass is 35.5. The molecule has 3 atom stereocenters. The number of rotatable bonds is 10. The summed E-state index contributed by atoms with van der Waals surface area (Å²) >= 11 is 0. The fraction of sp³-hybridized carbons (Fsp3) is 0.567. The van der Waals surface area contributed by atoms with Crippen LogP contribution in [-0.2, 0) is 31.9 Å². The van der Waals surface area contributed by atoms with Crippen LogP contribution in [0.15, 0.2) is 42.5 Å². The van der Waals surface area contributed by atoms with Crippen LogP contribution in [0.4, 0.5) is 5.82 Å². The number of nitrogens with one attached hydrogen (secondary N) is 2. The smallest absolute Gasteiger partial charge is 0.246 e. The van der Waals surface area contributed by atoms with Crippen molar-refractivity contribution in [3.8, 4) is 0 Å². The first-order valence-corrected chi connectivity index (χ1v) is 16.2. The molecule has 11 heteroatoms. The highest BCUT2D eigenvalue weighted by molar-refractivity contribution is 7.88. The Hall–Kier alpha value is -2.69. The fourth-order valence-corrected chi connectivity index (χ4v) is 8.06. The number of benzene rings is 1. The zero-order chi connectivity index (χ0) is 28.3. The Balaban J connectivity index is 0.00000387. The number of carbonyl (C=O) groups is 2. The van der Waals surface area contributed by atoms with Crippen molar-refractivity contribution in [3.05, 3.63) is 59.3 Å². The Bertz CT molecular complexity index is 1340. The zero-order valence-electron chi connectivity index (χ0n) is 23.7. The Kier molecular flexibility index (Phi) is 9.97. The van der Waals surface area contributed by atoms with E-state index in [1.807, 2.05) is 19.1 Å². The maximum atomic E-state index is 14.2. The van der Waals surface area contributed by atoms with Gasteiger partial charge in [0, 0.05) is 18.8 Å². The molecule has 9 nitrogen and oxygen atoms in total. The Labute approximate surface area is 249 Å². The van der Waals surface area contributed by atoms with E-state index in [9.17, 15) is 18.0 Å². The fourth-order valence-electron chi connectivity index (χ4n) is 6.71. The van der Waals surface area contributed by atoms with Gasteiger partial charge in [0.25, 0.3) is 0 Å². The summed E-state index contributed by atoms with van der Waals surface area (Å²) in [6, 6.07) is 11.7. The first-order valence-electron chi connectivity index (χ1n) is 14.5. The number of carbonyl (C=O) groups excluding carboxylic acids is 2. The SMILES string of the molecule is Cc1nc(N)ccc1CNC(=O)[C@]12C[C@H]1CCCN2C(=O)[C@@H](CC1CCCCC1)NS(=O)(=O)Cc1ccccc1.Cl. The van der Waals surface area contributed by atoms with Crippen LogP contribution < -0.4 is 15.8 Å². The van der Waals surface area contributed by atoms with Crippen molar-refractivity contribution in [2.75, 3.05) is 12.3 Å². The van der Waals surface area contributed by atoms with Crippen LogP contribution in [0.25, 0.3) is 0 Å². The predicted molar refractivity (Wildman–Crippen MR) is 161 cm³/mol. The number of anilines is 1. The number of nitrogens with zero attached hydrogens (tertiary/aromatic N) is 2. The monoisotopic (exact) mass is 603 g/mol. The van der Waals surface area contributed by atoms with Gasteiger partial charge >= 0.3 is 0 Å². The molecule has 1 saturated heterocycles. The van der Waals surface area contributed by atoms with Crippen molar-refractivity contribution in [1.82, 2.24) is 19.9 Å². The third kappa shape index (κ3) is 7.21. The molecule has 2 heterocycles. The quantitative estimate of drug-likeness (QED) is 0.378. The predicted octanol–water partition coefficient (Wildman–Crippen LogP) is 3.85. The summed E-state index contributed by atoms with van der Waals surface area (Å²) in [4.78, 5) is 33.9. The van der Waals surface area contributed by atoms with Gasteiger partial charge in [-0.25, -0.2) is 18.1 Å². The average Bonchev–Trinajstić information content (AvgIpc) is 3.69. The van der Waals surface area contributed by atoms with E-state index in [1.54, 1.807) is 35.2 Å². The number of likely N-dealkylation sites (tertiary alicyclic amines) is 1. The molecule has 0 bridgehead atoms. The van der Waals surface area contributed by atoms with E-state index < -0.39 is 21.6 Å². The lowest BCUT2D eigenvalue weighted by molar-refractivity contribution is -0.146. The van der Waals surface area contributed by atoms with Gasteiger partial charge < -0.3 is 16.0 Å². The second kappa shape index (κ2) is 13.1. The molecule has 0 spiro atoms. The Morgan fingerprint density at radius 3 is 2.51 bits per heavy atom. The first kappa shape index (κ1) is 31.3. The van der Waals surface area contributed by atoms with Crippen LogP contribution in [0.2, 0.25) is 0 Å². The van der Waals surface area contributed by atoms with Crippen LogP contribution in [0, 0.1) is 18.8 Å². The molecule has 1 aliphatic heterocycles. The van der Waals surface area contributed by atoms with Crippen LogP contribution in [0.3, 0.4) is 0 Å². The minimum Gasteiger partial charge on any atom is -0.384 e. The largest absolute Gasteiger partial charge is 0.384 e. The first-order chi connectivity index (χ1) is 19.2. The number of nitrogen functional groups attached to an aromatic ring is 1. The second-order valence-corrected chi connectivity index (χ2v) is 13.5. The lowest BCUT2D eigenvalue weighted by atomic mass is 9.84. The van der Waals surface area contributed by atoms with Crippen molar-refractivity contribution in [3.63, 3.8) is 0 Å². The second-order valence-electron chi connectivity index (χ2n) is 11.8. The summed E-state index contributed by atoms with van der Waals surface area (Å²) < 4.78 is 29.3. The lowest BCUT2D eigenvalue weighted by Crippen LogP contribution is -2.60. The molecule has 2 saturated carbocycles. The van der Waals surface area contributed by atoms with Crippen molar-refractivity contribution < 1.29 is 18.0 Å². The number of aromatic nitrogens is 1. The number of fused-ring (bicyclic) bond motifs is 1. The average molecular weight is 604 g/mol. The zero-order valence-corrected chi connectivity index (χ0v) is 25.3. The summed E-state index contributed by atoms with van der Waals surface area (Å²) in [7, 11) is -3.78. The number of aryl methyl sites for hydroxylation is 1. The van der Waals surface area contributed by atoms with E-state index in [0.717, 1.165) is 49.8 Å². The molecule has 4 N–H and O–H groups in total. The van der Waals surface area contributed by atoms with Crippen LogP contribution in [0.5, 0.6) is 0 Å². The molecule has 5 rings (SSSR count). The number of sulfonamides is 1. The van der Waals surface area contributed by atoms with Crippen molar-refractivity contribution in [1.29, 1.82) is 0 Å². The Morgan fingerprint density at radius 1 is 1.07 bits per heavy atom. The molecule has 41 heavy (non-hydrogen) atoms. The summed E-state index contributed by atoms with van der Waals surface area (Å²) in [5.41, 5.74) is 7.14. The molecule has 2 amide bonds. The third-order valence-corrected chi connectivity index (χ3v) is 10.3. The minimum atomic E-state index is -3.78. The molecule has 3 fully saturated rings. The molecule has 2 aliphatic carbocycles. The van der Waals surface area contributed by atoms with Gasteiger partial charge in [-0.1, -0.05) is 68.5 Å². The Morgan fingerprint density at radius 2 is 1.80 bits per heavy atom. The van der Waals surface area contributed by atoms with E-state index in [2.05, 4.69) is 15.0 Å². The van der Waals surface area contributed by atoms with E-state index in [1.165, 1.54) is 6.42 Å². The normalized spacial score (nSPS) is 23.1. The van der Waals surface area contributed by atoms with E-state index in [-0.39, 0.29) is 41.8 Å². The highest BCUT2D eigenvalue weighted by Crippen LogP contribution is 2.54. The van der Waals surface area contributed by atoms with Gasteiger partial charge in [0.05, 0.1) is 5.75 Å². The third-order valence-electron chi connectivity index (χ3n) is 8.92. The number of nitrogens with two attached hydrogens (primary N) is 1. The molecule has 224 valence electrons. The molecule has 0 unspecified atom stereocenters. The highest BCUT2D eigenvalue weighted by Gasteiger charge is 2.66. The molecular formula is C30H42ClN5O4S. The van der Waals surface area contributed by atoms with Gasteiger partial charge in [-0.3, -0.25) is 9.59 Å². The van der Waals surface area contributed by atoms with Crippen LogP contribution in [0.1, 0.15) is 74.6 Å². The number of hydrogen-bond acceptors (Lipinski definition) is 6. The molecule has 3 aliphatic rings. The lowest BCUT2D eigenvalue weighted by Gasteiger charge is -2.38. The standard InChI is InChI=1S/C30H41N5O4S.ClH/c1-21-24(14-15-27(31)33-21)19-32-29(37)30-18-25(30)13-8-16-35(30)28(36)26(17-22-9-4-2-5-10-22)34-40(38,39)20-23-11-6-3-7-12-23;/h3,6-7,11-12,14-15,22,25-26,34H,2,4-5,8-10,13,16-20H2,1H3,(H2,31,33)(H,32,37);1H/t25-,26-,30+;/m1./s1. The number of pyridine rings is 1. The molecule has 1 aromatic carbocycles. The molecule has 0 radical (unpaired) electrons. The van der Waals surface area contributed by atoms with Crippen molar-refractivity contribution in [2.45, 2.75) is 88.6 Å². The summed E-state index contributed by atoms with van der Waals surface area (Å²) in [6.45, 7) is 2.60. The number of hydrogen-bond donors (Lipinski definition) is 3. The summed E-state index contributed by atoms with van der Waals surface area (Å²) in [5, 5.41) is 3.04. The maximum Gasteiger partial charge on any atom is 0.246 e.